The Morgan fingerprint density at radius 2 is 0.778 bits per heavy atom. The van der Waals surface area contributed by atoms with E-state index in [1.165, 1.54) is 22.3 Å². The van der Waals surface area contributed by atoms with Gasteiger partial charge in [0.15, 0.2) is 0 Å². The highest BCUT2D eigenvalue weighted by Gasteiger charge is 2.40. The fourth-order valence-electron chi connectivity index (χ4n) is 6.52. The van der Waals surface area contributed by atoms with E-state index >= 15 is 0 Å². The van der Waals surface area contributed by atoms with E-state index in [2.05, 4.69) is 115 Å². The van der Waals surface area contributed by atoms with E-state index in [-0.39, 0.29) is 5.41 Å². The molecule has 8 nitrogen and oxygen atoms in total. The zero-order valence-electron chi connectivity index (χ0n) is 29.1. The van der Waals surface area contributed by atoms with Crippen molar-refractivity contribution in [3.8, 4) is 0 Å². The second-order valence-corrected chi connectivity index (χ2v) is 33.9. The van der Waals surface area contributed by atoms with Crippen LogP contribution in [-0.4, -0.2) is 72.8 Å². The third kappa shape index (κ3) is 11.5. The Morgan fingerprint density at radius 1 is 0.489 bits per heavy atom. The molecular formula is C29H56O8Si8. The maximum atomic E-state index is 6.46. The molecule has 4 atom stereocenters. The van der Waals surface area contributed by atoms with E-state index in [1.807, 2.05) is 0 Å². The minimum Gasteiger partial charge on any atom is -0.420 e. The van der Waals surface area contributed by atoms with Crippen LogP contribution in [0.2, 0.25) is 64.5 Å². The molecule has 2 aliphatic rings. The quantitative estimate of drug-likeness (QED) is 0.304. The molecule has 0 amide bonds. The summed E-state index contributed by atoms with van der Waals surface area (Å²) >= 11 is 0. The van der Waals surface area contributed by atoms with Crippen LogP contribution in [0.1, 0.15) is 48.9 Å². The minimum atomic E-state index is -2.27. The molecule has 0 radical (unpaired) electrons. The Bertz CT molecular complexity index is 1090. The smallest absolute Gasteiger partial charge is 0.317 e. The predicted octanol–water partition coefficient (Wildman–Crippen LogP) is 5.28. The van der Waals surface area contributed by atoms with Crippen molar-refractivity contribution in [2.24, 2.45) is 0 Å². The monoisotopic (exact) mass is 756 g/mol. The van der Waals surface area contributed by atoms with E-state index in [9.17, 15) is 0 Å². The van der Waals surface area contributed by atoms with Crippen molar-refractivity contribution in [2.45, 2.75) is 109 Å². The molecule has 2 fully saturated rings. The van der Waals surface area contributed by atoms with Gasteiger partial charge in [-0.15, -0.1) is 0 Å². The summed E-state index contributed by atoms with van der Waals surface area (Å²) < 4.78 is 50.2. The van der Waals surface area contributed by atoms with Gasteiger partial charge < -0.3 is 32.9 Å². The number of aryl methyl sites for hydroxylation is 2. The topological polar surface area (TPSA) is 73.8 Å². The maximum Gasteiger partial charge on any atom is 0.317 e. The molecule has 0 aliphatic carbocycles. The van der Waals surface area contributed by atoms with Gasteiger partial charge >= 0.3 is 17.1 Å². The molecule has 2 aromatic carbocycles. The summed E-state index contributed by atoms with van der Waals surface area (Å²) in [7, 11) is -14.5. The lowest BCUT2D eigenvalue weighted by Crippen LogP contribution is -2.53. The Hall–Kier alpha value is -0.145. The average Bonchev–Trinajstić information content (AvgIpc) is 2.91. The Morgan fingerprint density at radius 3 is 1.07 bits per heavy atom. The van der Waals surface area contributed by atoms with Gasteiger partial charge in [0.05, 0.1) is 0 Å². The van der Waals surface area contributed by atoms with Crippen LogP contribution in [0.4, 0.5) is 0 Å². The molecule has 4 rings (SSSR count). The summed E-state index contributed by atoms with van der Waals surface area (Å²) in [6.07, 6.45) is 4.13. The van der Waals surface area contributed by atoms with Crippen molar-refractivity contribution >= 4 is 72.8 Å². The van der Waals surface area contributed by atoms with Crippen molar-refractivity contribution in [3.05, 3.63) is 70.8 Å². The van der Waals surface area contributed by atoms with Crippen molar-refractivity contribution in [1.82, 2.24) is 0 Å². The van der Waals surface area contributed by atoms with Gasteiger partial charge in [0.1, 0.15) is 0 Å². The van der Waals surface area contributed by atoms with Crippen LogP contribution in [0.25, 0.3) is 0 Å². The molecule has 0 bridgehead atoms. The van der Waals surface area contributed by atoms with Gasteiger partial charge in [-0.3, -0.25) is 0 Å². The number of hydrogen-bond donors (Lipinski definition) is 0. The molecule has 252 valence electrons. The largest absolute Gasteiger partial charge is 0.420 e. The maximum absolute atomic E-state index is 6.46. The van der Waals surface area contributed by atoms with Crippen molar-refractivity contribution in [1.29, 1.82) is 0 Å². The lowest BCUT2D eigenvalue weighted by molar-refractivity contribution is 0.271. The molecule has 2 heterocycles. The highest BCUT2D eigenvalue weighted by Crippen LogP contribution is 2.33. The molecule has 2 saturated heterocycles. The third-order valence-electron chi connectivity index (χ3n) is 8.74. The minimum absolute atomic E-state index is 0.0805. The number of benzene rings is 2. The van der Waals surface area contributed by atoms with Gasteiger partial charge in [0.25, 0.3) is 55.7 Å². The Labute approximate surface area is 284 Å². The molecule has 0 spiro atoms. The molecule has 0 aromatic heterocycles. The highest BCUT2D eigenvalue weighted by molar-refractivity contribution is 6.82. The van der Waals surface area contributed by atoms with E-state index < -0.39 is 72.8 Å². The van der Waals surface area contributed by atoms with Gasteiger partial charge in [-0.05, 0) is 112 Å². The van der Waals surface area contributed by atoms with Gasteiger partial charge in [0, 0.05) is 5.41 Å². The highest BCUT2D eigenvalue weighted by atomic mass is 28.5. The molecule has 0 saturated carbocycles. The van der Waals surface area contributed by atoms with Crippen molar-refractivity contribution in [2.75, 3.05) is 0 Å². The van der Waals surface area contributed by atoms with E-state index in [0.717, 1.165) is 37.8 Å². The van der Waals surface area contributed by atoms with Gasteiger partial charge in [-0.1, -0.05) is 62.4 Å². The molecule has 4 unspecified atom stereocenters. The molecule has 2 aliphatic heterocycles. The molecule has 16 heteroatoms. The van der Waals surface area contributed by atoms with Crippen LogP contribution in [-0.2, 0) is 51.2 Å². The van der Waals surface area contributed by atoms with Crippen LogP contribution in [0.15, 0.2) is 48.5 Å². The fraction of sp³-hybridized carbons (Fsp3) is 0.586. The SMILES string of the molecule is C[SiH]1O[SiH](C)O[Si](C)(CCCc2ccc(C(C)(C)c3ccc(CCC[Si]4(C)O[SiH](C)O[SiH](C)O[SiH](C)O4)cc3)cc2)O[SiH](C)O1. The number of hydrogen-bond acceptors (Lipinski definition) is 8. The van der Waals surface area contributed by atoms with E-state index in [4.69, 9.17) is 32.9 Å². The number of rotatable bonds is 10. The summed E-state index contributed by atoms with van der Waals surface area (Å²) in [4.78, 5) is 0. The molecule has 45 heavy (non-hydrogen) atoms. The molecular weight excluding hydrogens is 701 g/mol. The Balaban J connectivity index is 1.28. The zero-order valence-corrected chi connectivity index (χ0v) is 38.0. The fourth-order valence-corrected chi connectivity index (χ4v) is 35.9. The lowest BCUT2D eigenvalue weighted by atomic mass is 9.77. The average molecular weight is 757 g/mol. The summed E-state index contributed by atoms with van der Waals surface area (Å²) in [6.45, 7) is 21.6. The first kappa shape index (κ1) is 37.7. The first-order valence-corrected chi connectivity index (χ1v) is 34.3. The van der Waals surface area contributed by atoms with E-state index in [0.29, 0.717) is 0 Å². The first-order chi connectivity index (χ1) is 21.1. The lowest BCUT2D eigenvalue weighted by Gasteiger charge is -2.37. The summed E-state index contributed by atoms with van der Waals surface area (Å²) in [5.41, 5.74) is 5.29. The zero-order chi connectivity index (χ0) is 32.8. The van der Waals surface area contributed by atoms with Crippen LogP contribution in [0, 0.1) is 0 Å². The summed E-state index contributed by atoms with van der Waals surface area (Å²) in [5, 5.41) is 0. The predicted molar refractivity (Wildman–Crippen MR) is 201 cm³/mol. The van der Waals surface area contributed by atoms with Gasteiger partial charge in [0.2, 0.25) is 0 Å². The standard InChI is InChI=1S/C29H56O8Si8/c1-29(2,27-19-15-25(16-20-27)13-11-23-44(9)34-40(5)30-38(3)31-41(6)35-44)28-21-17-26(18-22-28)14-12-24-45(10)36-42(7)32-39(4)33-43(8)37-45/h15-22,38-43H,11-14,23-24H2,1-10H3. The normalized spacial score (nSPS) is 33.6. The first-order valence-electron chi connectivity index (χ1n) is 16.7. The summed E-state index contributed by atoms with van der Waals surface area (Å²) in [6, 6.07) is 20.3. The molecule has 2 aromatic rings. The second kappa shape index (κ2) is 16.5. The van der Waals surface area contributed by atoms with Gasteiger partial charge in [-0.25, -0.2) is 0 Å². The Kier molecular flexibility index (Phi) is 13.8. The molecule has 0 N–H and O–H groups in total. The van der Waals surface area contributed by atoms with Gasteiger partial charge in [-0.2, -0.15) is 0 Å². The van der Waals surface area contributed by atoms with Crippen LogP contribution in [0.3, 0.4) is 0 Å². The summed E-state index contributed by atoms with van der Waals surface area (Å²) in [5.74, 6) is 0. The van der Waals surface area contributed by atoms with Crippen LogP contribution in [0.5, 0.6) is 0 Å². The van der Waals surface area contributed by atoms with Crippen LogP contribution >= 0.6 is 0 Å². The van der Waals surface area contributed by atoms with E-state index in [1.54, 1.807) is 0 Å². The van der Waals surface area contributed by atoms with Crippen LogP contribution < -0.4 is 0 Å². The third-order valence-corrected chi connectivity index (χ3v) is 36.8. The second-order valence-electron chi connectivity index (χ2n) is 13.4. The van der Waals surface area contributed by atoms with Crippen molar-refractivity contribution in [3.63, 3.8) is 0 Å². The van der Waals surface area contributed by atoms with Crippen molar-refractivity contribution < 1.29 is 32.9 Å².